The lowest BCUT2D eigenvalue weighted by molar-refractivity contribution is 0.956. The Balaban J connectivity index is 0.000000771. The summed E-state index contributed by atoms with van der Waals surface area (Å²) in [6.07, 6.45) is 2.17. The Morgan fingerprint density at radius 2 is 1.78 bits per heavy atom. The first kappa shape index (κ1) is 15.3. The van der Waals surface area contributed by atoms with Gasteiger partial charge in [-0.15, -0.1) is 11.3 Å². The van der Waals surface area contributed by atoms with Crippen molar-refractivity contribution in [1.82, 2.24) is 0 Å². The predicted molar refractivity (Wildman–Crippen MR) is 84.0 cm³/mol. The molecule has 18 heavy (non-hydrogen) atoms. The van der Waals surface area contributed by atoms with Crippen LogP contribution in [0.15, 0.2) is 29.6 Å². The highest BCUT2D eigenvalue weighted by Gasteiger charge is 2.02. The average Bonchev–Trinajstić information content (AvgIpc) is 2.74. The first-order chi connectivity index (χ1) is 8.65. The van der Waals surface area contributed by atoms with Crippen LogP contribution in [0.2, 0.25) is 5.02 Å². The van der Waals surface area contributed by atoms with Crippen LogP contribution < -0.4 is 0 Å². The van der Waals surface area contributed by atoms with Crippen LogP contribution >= 0.6 is 22.9 Å². The van der Waals surface area contributed by atoms with Gasteiger partial charge >= 0.3 is 0 Å². The van der Waals surface area contributed by atoms with E-state index in [1.807, 2.05) is 31.3 Å². The van der Waals surface area contributed by atoms with Gasteiger partial charge in [0.2, 0.25) is 0 Å². The van der Waals surface area contributed by atoms with Crippen LogP contribution in [-0.4, -0.2) is 0 Å². The van der Waals surface area contributed by atoms with E-state index in [2.05, 4.69) is 37.4 Å². The molecule has 0 saturated carbocycles. The van der Waals surface area contributed by atoms with Crippen molar-refractivity contribution < 1.29 is 0 Å². The topological polar surface area (TPSA) is 0 Å². The van der Waals surface area contributed by atoms with Crippen LogP contribution in [0.5, 0.6) is 0 Å². The average molecular weight is 281 g/mol. The number of rotatable bonds is 3. The van der Waals surface area contributed by atoms with Gasteiger partial charge < -0.3 is 0 Å². The van der Waals surface area contributed by atoms with E-state index in [1.54, 1.807) is 0 Å². The molecule has 0 aliphatic rings. The maximum Gasteiger partial charge on any atom is 0.0411 e. The Morgan fingerprint density at radius 1 is 1.06 bits per heavy atom. The Hall–Kier alpha value is -0.790. The second-order valence-corrected chi connectivity index (χ2v) is 5.70. The third-order valence-corrected chi connectivity index (χ3v) is 3.86. The molecule has 0 spiro atoms. The number of aryl methyl sites for hydroxylation is 4. The molecule has 1 aromatic carbocycles. The van der Waals surface area contributed by atoms with Crippen molar-refractivity contribution in [2.45, 2.75) is 40.5 Å². The fraction of sp³-hybridized carbons (Fsp3) is 0.375. The number of halogens is 1. The smallest absolute Gasteiger partial charge is 0.0411 e. The molecule has 0 aliphatic heterocycles. The van der Waals surface area contributed by atoms with Crippen molar-refractivity contribution >= 4 is 22.9 Å². The van der Waals surface area contributed by atoms with E-state index in [-0.39, 0.29) is 0 Å². The predicted octanol–water partition coefficient (Wildman–Crippen LogP) is 5.83. The number of thiophene rings is 1. The fourth-order valence-corrected chi connectivity index (χ4v) is 2.98. The molecule has 98 valence electrons. The molecular formula is C16H21ClS. The molecule has 0 aliphatic carbocycles. The summed E-state index contributed by atoms with van der Waals surface area (Å²) in [6, 6.07) is 8.50. The third kappa shape index (κ3) is 4.47. The molecule has 0 fully saturated rings. The quantitative estimate of drug-likeness (QED) is 0.663. The molecule has 1 aromatic heterocycles. The van der Waals surface area contributed by atoms with Crippen molar-refractivity contribution in [3.63, 3.8) is 0 Å². The SMILES string of the molecule is CC.Cc1cc(Cl)cc(CCc2ccsc2C)c1. The van der Waals surface area contributed by atoms with Gasteiger partial charge in [-0.3, -0.25) is 0 Å². The fourth-order valence-electron chi connectivity index (χ4n) is 1.91. The summed E-state index contributed by atoms with van der Waals surface area (Å²) in [6.45, 7) is 8.27. The van der Waals surface area contributed by atoms with Crippen LogP contribution in [0.25, 0.3) is 0 Å². The zero-order valence-electron chi connectivity index (χ0n) is 11.6. The summed E-state index contributed by atoms with van der Waals surface area (Å²) < 4.78 is 0. The van der Waals surface area contributed by atoms with E-state index >= 15 is 0 Å². The van der Waals surface area contributed by atoms with E-state index < -0.39 is 0 Å². The Kier molecular flexibility index (Phi) is 6.45. The van der Waals surface area contributed by atoms with Crippen LogP contribution in [0, 0.1) is 13.8 Å². The standard InChI is InChI=1S/C14H15ClS.C2H6/c1-10-7-12(9-14(15)8-10)3-4-13-5-6-16-11(13)2;1-2/h5-9H,3-4H2,1-2H3;1-2H3. The molecule has 2 rings (SSSR count). The minimum absolute atomic E-state index is 0.844. The zero-order valence-corrected chi connectivity index (χ0v) is 13.2. The van der Waals surface area contributed by atoms with E-state index in [0.717, 1.165) is 17.9 Å². The van der Waals surface area contributed by atoms with Gasteiger partial charge in [-0.25, -0.2) is 0 Å². The lowest BCUT2D eigenvalue weighted by Gasteiger charge is -2.04. The van der Waals surface area contributed by atoms with Gasteiger partial charge in [-0.2, -0.15) is 0 Å². The van der Waals surface area contributed by atoms with Gasteiger partial charge in [-0.1, -0.05) is 31.5 Å². The van der Waals surface area contributed by atoms with Gasteiger partial charge in [0.15, 0.2) is 0 Å². The molecule has 0 N–H and O–H groups in total. The molecule has 0 bridgehead atoms. The number of benzene rings is 1. The Morgan fingerprint density at radius 3 is 2.33 bits per heavy atom. The molecule has 2 heteroatoms. The van der Waals surface area contributed by atoms with Gasteiger partial charge in [0.25, 0.3) is 0 Å². The van der Waals surface area contributed by atoms with Crippen LogP contribution in [0.3, 0.4) is 0 Å². The highest BCUT2D eigenvalue weighted by Crippen LogP contribution is 2.19. The van der Waals surface area contributed by atoms with Gasteiger partial charge in [-0.05, 0) is 67.0 Å². The van der Waals surface area contributed by atoms with Crippen molar-refractivity contribution in [3.05, 3.63) is 56.2 Å². The summed E-state index contributed by atoms with van der Waals surface area (Å²) in [5.41, 5.74) is 4.03. The normalized spacial score (nSPS) is 9.83. The summed E-state index contributed by atoms with van der Waals surface area (Å²) in [5.74, 6) is 0. The van der Waals surface area contributed by atoms with Crippen molar-refractivity contribution in [1.29, 1.82) is 0 Å². The lowest BCUT2D eigenvalue weighted by atomic mass is 10.0. The molecular weight excluding hydrogens is 260 g/mol. The summed E-state index contributed by atoms with van der Waals surface area (Å²) in [4.78, 5) is 1.43. The number of hydrogen-bond donors (Lipinski definition) is 0. The largest absolute Gasteiger partial charge is 0.149 e. The van der Waals surface area contributed by atoms with Gasteiger partial charge in [0, 0.05) is 9.90 Å². The summed E-state index contributed by atoms with van der Waals surface area (Å²) in [5, 5.41) is 3.01. The lowest BCUT2D eigenvalue weighted by Crippen LogP contribution is -1.92. The molecule has 0 amide bonds. The first-order valence-corrected chi connectivity index (χ1v) is 7.70. The second-order valence-electron chi connectivity index (χ2n) is 4.14. The molecule has 0 saturated heterocycles. The third-order valence-electron chi connectivity index (χ3n) is 2.75. The van der Waals surface area contributed by atoms with Crippen molar-refractivity contribution in [3.8, 4) is 0 Å². The monoisotopic (exact) mass is 280 g/mol. The minimum atomic E-state index is 0.844. The molecule has 0 unspecified atom stereocenters. The summed E-state index contributed by atoms with van der Waals surface area (Å²) >= 11 is 7.86. The zero-order chi connectivity index (χ0) is 13.5. The highest BCUT2D eigenvalue weighted by atomic mass is 35.5. The van der Waals surface area contributed by atoms with E-state index in [0.29, 0.717) is 0 Å². The van der Waals surface area contributed by atoms with E-state index in [4.69, 9.17) is 11.6 Å². The highest BCUT2D eigenvalue weighted by molar-refractivity contribution is 7.10. The number of hydrogen-bond acceptors (Lipinski definition) is 1. The minimum Gasteiger partial charge on any atom is -0.149 e. The Bertz CT molecular complexity index is 465. The van der Waals surface area contributed by atoms with E-state index in [9.17, 15) is 0 Å². The van der Waals surface area contributed by atoms with Crippen LogP contribution in [-0.2, 0) is 12.8 Å². The molecule has 1 heterocycles. The first-order valence-electron chi connectivity index (χ1n) is 6.44. The maximum atomic E-state index is 6.04. The molecule has 0 radical (unpaired) electrons. The van der Waals surface area contributed by atoms with Crippen molar-refractivity contribution in [2.24, 2.45) is 0 Å². The molecule has 0 atom stereocenters. The summed E-state index contributed by atoms with van der Waals surface area (Å²) in [7, 11) is 0. The van der Waals surface area contributed by atoms with Gasteiger partial charge in [0.1, 0.15) is 0 Å². The second kappa shape index (κ2) is 7.60. The molecule has 0 nitrogen and oxygen atoms in total. The van der Waals surface area contributed by atoms with Crippen molar-refractivity contribution in [2.75, 3.05) is 0 Å². The van der Waals surface area contributed by atoms with Crippen LogP contribution in [0.4, 0.5) is 0 Å². The van der Waals surface area contributed by atoms with Crippen LogP contribution in [0.1, 0.15) is 35.4 Å². The van der Waals surface area contributed by atoms with E-state index in [1.165, 1.54) is 21.6 Å². The maximum absolute atomic E-state index is 6.04. The van der Waals surface area contributed by atoms with Gasteiger partial charge in [0.05, 0.1) is 0 Å². The molecule has 2 aromatic rings. The Labute approximate surface area is 120 Å².